The summed E-state index contributed by atoms with van der Waals surface area (Å²) >= 11 is 0. The molecule has 176 valence electrons. The fourth-order valence-corrected chi connectivity index (χ4v) is 4.16. The fourth-order valence-electron chi connectivity index (χ4n) is 4.16. The largest absolute Gasteiger partial charge is 0.419 e. The Morgan fingerprint density at radius 2 is 1.79 bits per heavy atom. The molecule has 1 aliphatic carbocycles. The van der Waals surface area contributed by atoms with E-state index in [1.807, 2.05) is 18.2 Å². The first-order chi connectivity index (χ1) is 16.4. The maximum atomic E-state index is 13.1. The third kappa shape index (κ3) is 5.57. The lowest BCUT2D eigenvalue weighted by molar-refractivity contribution is -0.384. The molecule has 0 spiro atoms. The van der Waals surface area contributed by atoms with E-state index in [4.69, 9.17) is 4.42 Å². The number of amides is 1. The molecule has 0 unspecified atom stereocenters. The summed E-state index contributed by atoms with van der Waals surface area (Å²) in [7, 11) is 0. The normalized spacial score (nSPS) is 14.2. The van der Waals surface area contributed by atoms with Gasteiger partial charge in [0.15, 0.2) is 0 Å². The minimum Gasteiger partial charge on any atom is -0.419 e. The van der Waals surface area contributed by atoms with Gasteiger partial charge in [0.1, 0.15) is 0 Å². The molecule has 1 heterocycles. The Balaban J connectivity index is 1.48. The van der Waals surface area contributed by atoms with Gasteiger partial charge in [-0.05, 0) is 48.1 Å². The highest BCUT2D eigenvalue weighted by molar-refractivity contribution is 5.92. The molecule has 2 aromatic carbocycles. The number of rotatable bonds is 8. The molecule has 1 aliphatic rings. The summed E-state index contributed by atoms with van der Waals surface area (Å²) < 4.78 is 5.80. The topological polar surface area (TPSA) is 102 Å². The van der Waals surface area contributed by atoms with Crippen LogP contribution in [0.4, 0.5) is 5.69 Å². The number of benzene rings is 2. The van der Waals surface area contributed by atoms with Crippen molar-refractivity contribution in [1.82, 2.24) is 15.1 Å². The summed E-state index contributed by atoms with van der Waals surface area (Å²) in [5.41, 5.74) is 2.82. The summed E-state index contributed by atoms with van der Waals surface area (Å²) in [4.78, 5) is 25.4. The van der Waals surface area contributed by atoms with Crippen molar-refractivity contribution in [2.24, 2.45) is 0 Å². The van der Waals surface area contributed by atoms with Gasteiger partial charge < -0.3 is 9.32 Å². The average molecular weight is 461 g/mol. The Bertz CT molecular complexity index is 1160. The molecule has 0 N–H and O–H groups in total. The highest BCUT2D eigenvalue weighted by Crippen LogP contribution is 2.27. The Kier molecular flexibility index (Phi) is 7.15. The van der Waals surface area contributed by atoms with Crippen molar-refractivity contribution in [2.45, 2.75) is 58.0 Å². The SMILES string of the molecule is CC(C)c1ccc(C=CC(=O)N(Cc2nnc(-c3ccc([N+](=O)[O-])cc3)o2)C2CCCC2)cc1. The first-order valence-corrected chi connectivity index (χ1v) is 11.6. The van der Waals surface area contributed by atoms with Gasteiger partial charge >= 0.3 is 0 Å². The Labute approximate surface area is 198 Å². The van der Waals surface area contributed by atoms with Crippen LogP contribution in [0.5, 0.6) is 0 Å². The van der Waals surface area contributed by atoms with Gasteiger partial charge in [0.2, 0.25) is 17.7 Å². The first kappa shape index (κ1) is 23.4. The molecular weight excluding hydrogens is 432 g/mol. The number of hydrogen-bond acceptors (Lipinski definition) is 6. The lowest BCUT2D eigenvalue weighted by atomic mass is 10.0. The molecule has 3 aromatic rings. The fraction of sp³-hybridized carbons (Fsp3) is 0.346. The molecule has 8 nitrogen and oxygen atoms in total. The van der Waals surface area contributed by atoms with Gasteiger partial charge in [-0.25, -0.2) is 0 Å². The quantitative estimate of drug-likeness (QED) is 0.241. The maximum absolute atomic E-state index is 13.1. The van der Waals surface area contributed by atoms with Gasteiger partial charge in [-0.2, -0.15) is 0 Å². The summed E-state index contributed by atoms with van der Waals surface area (Å²) in [5, 5.41) is 19.1. The summed E-state index contributed by atoms with van der Waals surface area (Å²) in [5.74, 6) is 0.977. The van der Waals surface area contributed by atoms with E-state index in [1.54, 1.807) is 23.1 Å². The van der Waals surface area contributed by atoms with Gasteiger partial charge in [-0.1, -0.05) is 51.0 Å². The molecule has 4 rings (SSSR count). The molecule has 0 bridgehead atoms. The number of carbonyl (C=O) groups is 1. The van der Waals surface area contributed by atoms with Crippen LogP contribution in [0.2, 0.25) is 0 Å². The molecular formula is C26H28N4O4. The van der Waals surface area contributed by atoms with Crippen LogP contribution in [0.3, 0.4) is 0 Å². The van der Waals surface area contributed by atoms with Crippen LogP contribution in [-0.2, 0) is 11.3 Å². The minimum absolute atomic E-state index is 0.00729. The van der Waals surface area contributed by atoms with E-state index >= 15 is 0 Å². The number of non-ortho nitro benzene ring substituents is 1. The van der Waals surface area contributed by atoms with Crippen LogP contribution < -0.4 is 0 Å². The van der Waals surface area contributed by atoms with Crippen molar-refractivity contribution in [3.63, 3.8) is 0 Å². The lowest BCUT2D eigenvalue weighted by Gasteiger charge is -2.26. The number of nitro groups is 1. The van der Waals surface area contributed by atoms with Crippen LogP contribution in [0, 0.1) is 10.1 Å². The van der Waals surface area contributed by atoms with Gasteiger partial charge in [-0.3, -0.25) is 14.9 Å². The number of hydrogen-bond donors (Lipinski definition) is 0. The number of carbonyl (C=O) groups excluding carboxylic acids is 1. The van der Waals surface area contributed by atoms with Crippen molar-refractivity contribution in [1.29, 1.82) is 0 Å². The highest BCUT2D eigenvalue weighted by Gasteiger charge is 2.27. The summed E-state index contributed by atoms with van der Waals surface area (Å²) in [6, 6.07) is 14.3. The molecule has 1 fully saturated rings. The van der Waals surface area contributed by atoms with E-state index in [0.29, 0.717) is 17.4 Å². The van der Waals surface area contributed by atoms with Crippen LogP contribution in [0.1, 0.15) is 62.5 Å². The van der Waals surface area contributed by atoms with E-state index in [-0.39, 0.29) is 30.1 Å². The molecule has 8 heteroatoms. The second-order valence-electron chi connectivity index (χ2n) is 8.86. The minimum atomic E-state index is -0.458. The Morgan fingerprint density at radius 1 is 1.12 bits per heavy atom. The van der Waals surface area contributed by atoms with Gasteiger partial charge in [0.05, 0.1) is 11.5 Å². The van der Waals surface area contributed by atoms with E-state index in [2.05, 4.69) is 36.2 Å². The van der Waals surface area contributed by atoms with Crippen LogP contribution in [-0.4, -0.2) is 32.0 Å². The Hall–Kier alpha value is -3.81. The predicted molar refractivity (Wildman–Crippen MR) is 129 cm³/mol. The second kappa shape index (κ2) is 10.4. The molecule has 0 saturated heterocycles. The second-order valence-corrected chi connectivity index (χ2v) is 8.86. The molecule has 0 atom stereocenters. The Morgan fingerprint density at radius 3 is 2.41 bits per heavy atom. The predicted octanol–water partition coefficient (Wildman–Crippen LogP) is 5.75. The van der Waals surface area contributed by atoms with Crippen LogP contribution >= 0.6 is 0 Å². The molecule has 0 radical (unpaired) electrons. The maximum Gasteiger partial charge on any atom is 0.269 e. The van der Waals surface area contributed by atoms with Crippen molar-refractivity contribution in [3.8, 4) is 11.5 Å². The van der Waals surface area contributed by atoms with E-state index in [0.717, 1.165) is 31.2 Å². The lowest BCUT2D eigenvalue weighted by Crippen LogP contribution is -2.37. The van der Waals surface area contributed by atoms with Gasteiger partial charge in [-0.15, -0.1) is 10.2 Å². The van der Waals surface area contributed by atoms with Crippen LogP contribution in [0.15, 0.2) is 59.0 Å². The highest BCUT2D eigenvalue weighted by atomic mass is 16.6. The molecule has 1 saturated carbocycles. The van der Waals surface area contributed by atoms with Gasteiger partial charge in [0.25, 0.3) is 5.69 Å². The van der Waals surface area contributed by atoms with E-state index in [9.17, 15) is 14.9 Å². The van der Waals surface area contributed by atoms with E-state index < -0.39 is 4.92 Å². The van der Waals surface area contributed by atoms with Crippen molar-refractivity contribution in [3.05, 3.63) is 81.7 Å². The number of aromatic nitrogens is 2. The summed E-state index contributed by atoms with van der Waals surface area (Å²) in [6.45, 7) is 4.52. The zero-order valence-electron chi connectivity index (χ0n) is 19.4. The van der Waals surface area contributed by atoms with Crippen molar-refractivity contribution in [2.75, 3.05) is 0 Å². The van der Waals surface area contributed by atoms with Crippen molar-refractivity contribution >= 4 is 17.7 Å². The molecule has 0 aliphatic heterocycles. The average Bonchev–Trinajstić information content (AvgIpc) is 3.54. The standard InChI is InChI=1S/C26H28N4O4/c1-18(2)20-10-7-19(8-11-20)9-16-25(31)29(22-5-3-4-6-22)17-24-27-28-26(34-24)21-12-14-23(15-13-21)30(32)33/h7-16,18,22H,3-6,17H2,1-2H3. The third-order valence-corrected chi connectivity index (χ3v) is 6.17. The first-order valence-electron chi connectivity index (χ1n) is 11.6. The van der Waals surface area contributed by atoms with Gasteiger partial charge in [0, 0.05) is 29.8 Å². The third-order valence-electron chi connectivity index (χ3n) is 6.17. The van der Waals surface area contributed by atoms with E-state index in [1.165, 1.54) is 17.7 Å². The molecule has 34 heavy (non-hydrogen) atoms. The number of nitrogens with zero attached hydrogens (tertiary/aromatic N) is 4. The zero-order chi connectivity index (χ0) is 24.1. The van der Waals surface area contributed by atoms with Crippen molar-refractivity contribution < 1.29 is 14.1 Å². The summed E-state index contributed by atoms with van der Waals surface area (Å²) in [6.07, 6.45) is 7.53. The monoisotopic (exact) mass is 460 g/mol. The smallest absolute Gasteiger partial charge is 0.269 e. The molecule has 1 amide bonds. The number of nitro benzene ring substituents is 1. The molecule has 1 aromatic heterocycles. The van der Waals surface area contributed by atoms with Crippen LogP contribution in [0.25, 0.3) is 17.5 Å². The zero-order valence-corrected chi connectivity index (χ0v) is 19.4.